The number of halogens is 3. The summed E-state index contributed by atoms with van der Waals surface area (Å²) >= 11 is 1.00. The molecule has 102 valence electrons. The zero-order chi connectivity index (χ0) is 14.0. The molecule has 19 heavy (non-hydrogen) atoms. The van der Waals surface area contributed by atoms with Crippen LogP contribution in [0.1, 0.15) is 16.4 Å². The summed E-state index contributed by atoms with van der Waals surface area (Å²) < 4.78 is 44.3. The predicted molar refractivity (Wildman–Crippen MR) is 57.6 cm³/mol. The number of methoxy groups -OCH3 is 1. The molecule has 1 N–H and O–H groups in total. The lowest BCUT2D eigenvalue weighted by molar-refractivity contribution is -0.141. The van der Waals surface area contributed by atoms with Gasteiger partial charge in [-0.2, -0.15) is 18.3 Å². The van der Waals surface area contributed by atoms with Crippen LogP contribution < -0.4 is 4.91 Å². The van der Waals surface area contributed by atoms with Gasteiger partial charge in [0.25, 0.3) is 0 Å². The molecule has 0 atom stereocenters. The van der Waals surface area contributed by atoms with Crippen molar-refractivity contribution in [1.29, 1.82) is 5.53 Å². The molecule has 2 rings (SSSR count). The third kappa shape index (κ3) is 2.62. The average molecular weight is 293 g/mol. The van der Waals surface area contributed by atoms with Crippen LogP contribution in [0.4, 0.5) is 13.2 Å². The Balaban J connectivity index is 2.56. The number of alkyl halides is 3. The molecule has 0 saturated carbocycles. The molecule has 0 spiro atoms. The quantitative estimate of drug-likeness (QED) is 0.690. The molecule has 0 aliphatic heterocycles. The van der Waals surface area contributed by atoms with Crippen molar-refractivity contribution in [2.45, 2.75) is 19.3 Å². The molecule has 0 saturated heterocycles. The molecular weight excluding hydrogens is 285 g/mol. The summed E-state index contributed by atoms with van der Waals surface area (Å²) in [5.74, 6) is 0. The molecule has 7 nitrogen and oxygen atoms in total. The van der Waals surface area contributed by atoms with E-state index in [0.29, 0.717) is 5.01 Å². The Morgan fingerprint density at radius 1 is 1.53 bits per heavy atom. The van der Waals surface area contributed by atoms with Gasteiger partial charge in [-0.15, -0.1) is 0 Å². The second kappa shape index (κ2) is 5.03. The van der Waals surface area contributed by atoms with E-state index in [4.69, 9.17) is 10.3 Å². The third-order valence-electron chi connectivity index (χ3n) is 2.17. The van der Waals surface area contributed by atoms with E-state index in [-0.39, 0.29) is 17.3 Å². The molecular formula is C8H8F3N6OS+. The van der Waals surface area contributed by atoms with Crippen molar-refractivity contribution in [3.8, 4) is 0 Å². The van der Waals surface area contributed by atoms with Crippen LogP contribution in [0.25, 0.3) is 4.96 Å². The van der Waals surface area contributed by atoms with Gasteiger partial charge in [0.05, 0.1) is 6.61 Å². The number of fused-ring (bicyclic) bond motifs is 1. The van der Waals surface area contributed by atoms with Gasteiger partial charge in [0.1, 0.15) is 21.3 Å². The molecule has 2 aromatic heterocycles. The summed E-state index contributed by atoms with van der Waals surface area (Å²) in [5.41, 5.74) is 5.23. The Bertz CT molecular complexity index is 641. The number of aromatic nitrogens is 3. The minimum absolute atomic E-state index is 0.106. The van der Waals surface area contributed by atoms with Crippen LogP contribution in [-0.4, -0.2) is 21.7 Å². The van der Waals surface area contributed by atoms with Crippen LogP contribution in [0.3, 0.4) is 0 Å². The summed E-state index contributed by atoms with van der Waals surface area (Å²) in [6, 6.07) is 0. The summed E-state index contributed by atoms with van der Waals surface area (Å²) in [7, 11) is 1.46. The lowest BCUT2D eigenvalue weighted by Crippen LogP contribution is -2.10. The smallest absolute Gasteiger partial charge is 0.377 e. The second-order valence-electron chi connectivity index (χ2n) is 3.43. The summed E-state index contributed by atoms with van der Waals surface area (Å²) in [4.78, 5) is 6.32. The first kappa shape index (κ1) is 13.6. The number of nitrogens with zero attached hydrogens (tertiary/aromatic N) is 5. The highest BCUT2D eigenvalue weighted by molar-refractivity contribution is 7.16. The van der Waals surface area contributed by atoms with Crippen LogP contribution in [0.2, 0.25) is 0 Å². The first-order valence-electron chi connectivity index (χ1n) is 4.94. The van der Waals surface area contributed by atoms with Gasteiger partial charge in [-0.25, -0.2) is 9.50 Å². The minimum Gasteiger partial charge on any atom is -0.377 e. The Hall–Kier alpha value is -1.84. The van der Waals surface area contributed by atoms with E-state index < -0.39 is 18.4 Å². The summed E-state index contributed by atoms with van der Waals surface area (Å²) in [5, 5.41) is 7.73. The Labute approximate surface area is 108 Å². The minimum atomic E-state index is -4.60. The zero-order valence-electron chi connectivity index (χ0n) is 9.60. The second-order valence-corrected chi connectivity index (χ2v) is 4.47. The third-order valence-corrected chi connectivity index (χ3v) is 3.05. The van der Waals surface area contributed by atoms with Crippen LogP contribution in [0, 0.1) is 5.53 Å². The van der Waals surface area contributed by atoms with Crippen molar-refractivity contribution < 1.29 is 17.9 Å². The summed E-state index contributed by atoms with van der Waals surface area (Å²) in [6.45, 7) is -0.218. The van der Waals surface area contributed by atoms with Gasteiger partial charge in [0, 0.05) is 7.11 Å². The van der Waals surface area contributed by atoms with Crippen molar-refractivity contribution in [2.24, 2.45) is 5.11 Å². The summed E-state index contributed by atoms with van der Waals surface area (Å²) in [6.07, 6.45) is -4.60. The fourth-order valence-electron chi connectivity index (χ4n) is 1.48. The van der Waals surface area contributed by atoms with Gasteiger partial charge in [-0.1, -0.05) is 11.3 Å². The molecule has 0 aliphatic carbocycles. The lowest BCUT2D eigenvalue weighted by atomic mass is 10.3. The van der Waals surface area contributed by atoms with Crippen molar-refractivity contribution in [3.63, 3.8) is 0 Å². The molecule has 0 fully saturated rings. The number of hydrogen-bond donors (Lipinski definition) is 1. The van der Waals surface area contributed by atoms with Gasteiger partial charge in [-0.05, 0) is 0 Å². The fraction of sp³-hybridized carbons (Fsp3) is 0.500. The molecule has 0 radical (unpaired) electrons. The van der Waals surface area contributed by atoms with Gasteiger partial charge >= 0.3 is 6.18 Å². The van der Waals surface area contributed by atoms with E-state index in [1.165, 1.54) is 7.11 Å². The fourth-order valence-corrected chi connectivity index (χ4v) is 2.37. The van der Waals surface area contributed by atoms with Crippen LogP contribution in [-0.2, 0) is 24.1 Å². The molecule has 0 aromatic carbocycles. The average Bonchev–Trinajstić information content (AvgIpc) is 2.83. The topological polar surface area (TPSA) is 89.7 Å². The number of nitrogens with one attached hydrogen (secondary N) is 1. The number of rotatable bonds is 4. The Morgan fingerprint density at radius 2 is 2.26 bits per heavy atom. The monoisotopic (exact) mass is 293 g/mol. The van der Waals surface area contributed by atoms with E-state index in [1.54, 1.807) is 0 Å². The number of hydrogen-bond acceptors (Lipinski definition) is 6. The zero-order valence-corrected chi connectivity index (χ0v) is 10.4. The SMILES string of the molecule is COCc1nn2c(CN=[N+]=N)c(C(F)(F)F)nc2s1. The van der Waals surface area contributed by atoms with Gasteiger partial charge in [0.2, 0.25) is 9.87 Å². The van der Waals surface area contributed by atoms with E-state index >= 15 is 0 Å². The maximum absolute atomic E-state index is 12.8. The first-order valence-corrected chi connectivity index (χ1v) is 5.75. The van der Waals surface area contributed by atoms with E-state index in [1.807, 2.05) is 0 Å². The predicted octanol–water partition coefficient (Wildman–Crippen LogP) is 2.01. The lowest BCUT2D eigenvalue weighted by Gasteiger charge is -2.03. The van der Waals surface area contributed by atoms with Crippen LogP contribution >= 0.6 is 11.3 Å². The molecule has 2 aromatic rings. The van der Waals surface area contributed by atoms with Gasteiger partial charge < -0.3 is 4.74 Å². The van der Waals surface area contributed by atoms with Crippen molar-refractivity contribution in [3.05, 3.63) is 16.4 Å². The maximum atomic E-state index is 12.8. The molecule has 0 bridgehead atoms. The highest BCUT2D eigenvalue weighted by atomic mass is 32.1. The molecule has 11 heteroatoms. The van der Waals surface area contributed by atoms with E-state index in [0.717, 1.165) is 15.9 Å². The van der Waals surface area contributed by atoms with Crippen molar-refractivity contribution >= 4 is 16.3 Å². The molecule has 0 unspecified atom stereocenters. The molecule has 2 heterocycles. The van der Waals surface area contributed by atoms with Crippen molar-refractivity contribution in [1.82, 2.24) is 19.5 Å². The number of imidazole rings is 1. The van der Waals surface area contributed by atoms with Crippen LogP contribution in [0.5, 0.6) is 0 Å². The van der Waals surface area contributed by atoms with E-state index in [2.05, 4.69) is 20.1 Å². The van der Waals surface area contributed by atoms with Crippen molar-refractivity contribution in [2.75, 3.05) is 7.11 Å². The highest BCUT2D eigenvalue weighted by Gasteiger charge is 2.39. The van der Waals surface area contributed by atoms with Crippen LogP contribution in [0.15, 0.2) is 5.11 Å². The number of ether oxygens (including phenoxy) is 1. The maximum Gasteiger partial charge on any atom is 0.435 e. The van der Waals surface area contributed by atoms with Gasteiger partial charge in [0.15, 0.2) is 12.2 Å². The molecule has 0 amide bonds. The van der Waals surface area contributed by atoms with Gasteiger partial charge in [-0.3, -0.25) is 0 Å². The van der Waals surface area contributed by atoms with E-state index in [9.17, 15) is 13.2 Å². The normalized spacial score (nSPS) is 11.8. The molecule has 0 aliphatic rings. The largest absolute Gasteiger partial charge is 0.435 e. The Morgan fingerprint density at radius 3 is 2.84 bits per heavy atom. The Kier molecular flexibility index (Phi) is 3.60. The first-order chi connectivity index (χ1) is 8.97. The highest BCUT2D eigenvalue weighted by Crippen LogP contribution is 2.33. The standard InChI is InChI=1S/C8H8F3N6OS/c1-18-3-5-15-17-4(2-13-16-12)6(8(9,10)11)14-7(17)19-5/h12H,2-3H2,1H3/q+1.